The number of carbonyl (C=O) groups is 3. The number of pyridine rings is 1. The second-order valence-electron chi connectivity index (χ2n) is 7.96. The van der Waals surface area contributed by atoms with E-state index in [9.17, 15) is 27.6 Å². The van der Waals surface area contributed by atoms with E-state index in [1.165, 1.54) is 11.1 Å². The molecular weight excluding hydrogens is 479 g/mol. The van der Waals surface area contributed by atoms with Crippen molar-refractivity contribution >= 4 is 51.0 Å². The third-order valence-corrected chi connectivity index (χ3v) is 6.07. The molecule has 2 aromatic carbocycles. The van der Waals surface area contributed by atoms with E-state index in [1.54, 1.807) is 11.1 Å². The first-order chi connectivity index (χ1) is 16.5. The number of nitrogens with one attached hydrogen (secondary N) is 1. The van der Waals surface area contributed by atoms with Gasteiger partial charge in [0.1, 0.15) is 5.82 Å². The summed E-state index contributed by atoms with van der Waals surface area (Å²) in [5.74, 6) is -1.43. The third-order valence-electron chi connectivity index (χ3n) is 5.20. The zero-order chi connectivity index (χ0) is 25.6. The van der Waals surface area contributed by atoms with Crippen LogP contribution in [0.1, 0.15) is 24.5 Å². The number of aromatic nitrogens is 1. The summed E-state index contributed by atoms with van der Waals surface area (Å²) in [6.07, 6.45) is -0.981. The van der Waals surface area contributed by atoms with Gasteiger partial charge in [-0.25, -0.2) is 4.98 Å². The molecule has 35 heavy (non-hydrogen) atoms. The number of benzene rings is 2. The van der Waals surface area contributed by atoms with Gasteiger partial charge in [-0.2, -0.15) is 13.2 Å². The number of nitrogens with zero attached hydrogens (tertiary/aromatic N) is 2. The van der Waals surface area contributed by atoms with Crippen LogP contribution in [0.15, 0.2) is 54.7 Å². The molecule has 0 bridgehead atoms. The average molecular weight is 504 g/mol. The number of rotatable bonds is 3. The number of hydrogen-bond donors (Lipinski definition) is 1. The zero-order valence-electron chi connectivity index (χ0n) is 19.2. The van der Waals surface area contributed by atoms with Gasteiger partial charge in [0, 0.05) is 30.7 Å². The summed E-state index contributed by atoms with van der Waals surface area (Å²) in [6, 6.07) is 15.8. The number of halogens is 3. The third kappa shape index (κ3) is 7.29. The predicted octanol–water partition coefficient (Wildman–Crippen LogP) is 5.93. The zero-order valence-corrected chi connectivity index (χ0v) is 20.0. The lowest BCUT2D eigenvalue weighted by Crippen LogP contribution is -2.33. The van der Waals surface area contributed by atoms with Crippen LogP contribution in [0.2, 0.25) is 0 Å². The second kappa shape index (κ2) is 11.4. The Labute approximate surface area is 204 Å². The van der Waals surface area contributed by atoms with Gasteiger partial charge in [0.05, 0.1) is 5.75 Å². The molecule has 0 atom stereocenters. The summed E-state index contributed by atoms with van der Waals surface area (Å²) in [5, 5.41) is 4.71. The molecule has 1 aromatic heterocycles. The van der Waals surface area contributed by atoms with Crippen molar-refractivity contribution in [2.24, 2.45) is 0 Å². The van der Waals surface area contributed by atoms with Crippen LogP contribution in [0, 0.1) is 6.92 Å². The van der Waals surface area contributed by atoms with Crippen molar-refractivity contribution < 1.29 is 27.6 Å². The highest BCUT2D eigenvalue weighted by atomic mass is 32.2. The topological polar surface area (TPSA) is 79.4 Å². The van der Waals surface area contributed by atoms with Crippen molar-refractivity contribution in [2.45, 2.75) is 32.9 Å². The Hall–Kier alpha value is -3.40. The summed E-state index contributed by atoms with van der Waals surface area (Å²) >= 11 is 1.03. The summed E-state index contributed by atoms with van der Waals surface area (Å²) in [4.78, 5) is 40.3. The van der Waals surface area contributed by atoms with Crippen molar-refractivity contribution in [3.63, 3.8) is 0 Å². The number of thioether (sulfide) groups is 1. The maximum absolute atomic E-state index is 12.7. The summed E-state index contributed by atoms with van der Waals surface area (Å²) in [5.41, 5.74) is 3.36. The number of alkyl halides is 3. The Bertz CT molecular complexity index is 1250. The van der Waals surface area contributed by atoms with Crippen LogP contribution in [0.5, 0.6) is 0 Å². The number of aryl methyl sites for hydroxylation is 2. The van der Waals surface area contributed by atoms with Crippen LogP contribution in [-0.2, 0) is 16.0 Å². The van der Waals surface area contributed by atoms with Gasteiger partial charge < -0.3 is 10.2 Å². The molecular formula is C25H24F3N3O3S. The van der Waals surface area contributed by atoms with Gasteiger partial charge in [-0.15, -0.1) is 0 Å². The lowest BCUT2D eigenvalue weighted by molar-refractivity contribution is -0.168. The average Bonchev–Trinajstić information content (AvgIpc) is 2.81. The summed E-state index contributed by atoms with van der Waals surface area (Å²) in [7, 11) is 0. The molecule has 0 fully saturated rings. The summed E-state index contributed by atoms with van der Waals surface area (Å²) in [6.45, 7) is 3.23. The van der Waals surface area contributed by atoms with Crippen molar-refractivity contribution in [3.05, 3.63) is 65.9 Å². The fraction of sp³-hybridized carbons (Fsp3) is 0.280. The van der Waals surface area contributed by atoms with Gasteiger partial charge in [0.15, 0.2) is 0 Å². The van der Waals surface area contributed by atoms with Gasteiger partial charge in [-0.1, -0.05) is 53.7 Å². The molecule has 1 aliphatic heterocycles. The fourth-order valence-corrected chi connectivity index (χ4v) is 4.12. The van der Waals surface area contributed by atoms with E-state index in [2.05, 4.69) is 23.3 Å². The molecule has 6 nitrogen and oxygen atoms in total. The van der Waals surface area contributed by atoms with Crippen LogP contribution >= 0.6 is 11.8 Å². The first-order valence-electron chi connectivity index (χ1n) is 10.8. The van der Waals surface area contributed by atoms with E-state index in [1.807, 2.05) is 42.5 Å². The van der Waals surface area contributed by atoms with E-state index in [0.29, 0.717) is 19.3 Å². The second-order valence-corrected chi connectivity index (χ2v) is 8.89. The highest BCUT2D eigenvalue weighted by Gasteiger charge is 2.33. The van der Waals surface area contributed by atoms with Crippen LogP contribution in [-0.4, -0.2) is 40.4 Å². The molecule has 2 amide bonds. The molecule has 184 valence electrons. The minimum Gasteiger partial charge on any atom is -0.310 e. The van der Waals surface area contributed by atoms with Crippen molar-refractivity contribution in [3.8, 4) is 0 Å². The number of Topliss-reactive ketones (excluding diaryl/α,β-unsaturated/α-hetero) is 1. The predicted molar refractivity (Wildman–Crippen MR) is 132 cm³/mol. The van der Waals surface area contributed by atoms with Crippen molar-refractivity contribution in [2.75, 3.05) is 22.5 Å². The quantitative estimate of drug-likeness (QED) is 0.480. The van der Waals surface area contributed by atoms with E-state index < -0.39 is 12.0 Å². The SMILES string of the molecule is CC(=O)C(F)(F)F.Cc1ccc2c(c1)CCCN2C(=O)SCC(=O)Nc1cc2ccccc2cn1. The van der Waals surface area contributed by atoms with E-state index in [-0.39, 0.29) is 16.9 Å². The Morgan fingerprint density at radius 3 is 2.46 bits per heavy atom. The first kappa shape index (κ1) is 26.2. The number of amides is 2. The van der Waals surface area contributed by atoms with Crippen LogP contribution in [0.3, 0.4) is 0 Å². The maximum atomic E-state index is 12.7. The molecule has 0 aliphatic carbocycles. The van der Waals surface area contributed by atoms with Crippen molar-refractivity contribution in [1.29, 1.82) is 0 Å². The Morgan fingerprint density at radius 1 is 1.09 bits per heavy atom. The molecule has 0 spiro atoms. The largest absolute Gasteiger partial charge is 0.449 e. The fourth-order valence-electron chi connectivity index (χ4n) is 3.45. The lowest BCUT2D eigenvalue weighted by Gasteiger charge is -2.29. The van der Waals surface area contributed by atoms with Gasteiger partial charge >= 0.3 is 6.18 Å². The van der Waals surface area contributed by atoms with Gasteiger partial charge in [0.25, 0.3) is 5.24 Å². The highest BCUT2D eigenvalue weighted by molar-refractivity contribution is 8.14. The monoisotopic (exact) mass is 503 g/mol. The molecule has 0 radical (unpaired) electrons. The molecule has 0 saturated heterocycles. The minimum atomic E-state index is -4.64. The Morgan fingerprint density at radius 2 is 1.77 bits per heavy atom. The molecule has 0 unspecified atom stereocenters. The Balaban J connectivity index is 0.000000429. The Kier molecular flexibility index (Phi) is 8.50. The molecule has 4 rings (SSSR count). The smallest absolute Gasteiger partial charge is 0.310 e. The molecule has 1 N–H and O–H groups in total. The number of carbonyl (C=O) groups excluding carboxylic acids is 3. The summed E-state index contributed by atoms with van der Waals surface area (Å²) < 4.78 is 32.5. The molecule has 10 heteroatoms. The van der Waals surface area contributed by atoms with Gasteiger partial charge in [-0.05, 0) is 42.8 Å². The first-order valence-corrected chi connectivity index (χ1v) is 11.8. The maximum Gasteiger partial charge on any atom is 0.449 e. The molecule has 2 heterocycles. The highest BCUT2D eigenvalue weighted by Crippen LogP contribution is 2.30. The van der Waals surface area contributed by atoms with Crippen LogP contribution in [0.25, 0.3) is 10.8 Å². The van der Waals surface area contributed by atoms with Gasteiger partial charge in [-0.3, -0.25) is 14.4 Å². The van der Waals surface area contributed by atoms with E-state index in [4.69, 9.17) is 0 Å². The normalized spacial score (nSPS) is 12.9. The minimum absolute atomic E-state index is 0.0606. The number of fused-ring (bicyclic) bond motifs is 2. The number of ketones is 1. The standard InChI is InChI=1S/C22H21N3O2S.C3H3F3O/c1-15-8-9-19-17(11-15)7-4-10-25(19)22(27)28-14-21(26)24-20-12-16-5-2-3-6-18(16)13-23-20;1-2(7)3(4,5)6/h2-3,5-6,8-9,11-13H,4,7,10,14H2,1H3,(H,23,24,26);1H3. The number of anilines is 2. The van der Waals surface area contributed by atoms with Crippen LogP contribution in [0.4, 0.5) is 29.5 Å². The van der Waals surface area contributed by atoms with E-state index >= 15 is 0 Å². The lowest BCUT2D eigenvalue weighted by atomic mass is 10.0. The molecule has 0 saturated carbocycles. The van der Waals surface area contributed by atoms with E-state index in [0.717, 1.165) is 41.1 Å². The molecule has 3 aromatic rings. The molecule has 1 aliphatic rings. The van der Waals surface area contributed by atoms with Crippen molar-refractivity contribution in [1.82, 2.24) is 4.98 Å². The van der Waals surface area contributed by atoms with Gasteiger partial charge in [0.2, 0.25) is 11.7 Å². The number of hydrogen-bond acceptors (Lipinski definition) is 5. The van der Waals surface area contributed by atoms with Crippen LogP contribution < -0.4 is 10.2 Å².